The summed E-state index contributed by atoms with van der Waals surface area (Å²) in [6.07, 6.45) is 10.1. The van der Waals surface area contributed by atoms with Crippen molar-refractivity contribution in [1.29, 1.82) is 0 Å². The molecule has 6 aromatic rings. The van der Waals surface area contributed by atoms with E-state index in [4.69, 9.17) is 5.10 Å². The first-order valence-corrected chi connectivity index (χ1v) is 20.9. The molecule has 282 valence electrons. The van der Waals surface area contributed by atoms with Crippen LogP contribution in [0.3, 0.4) is 0 Å². The lowest BCUT2D eigenvalue weighted by molar-refractivity contribution is -0.740. The fourth-order valence-electron chi connectivity index (χ4n) is 9.98. The third-order valence-electron chi connectivity index (χ3n) is 12.8. The number of anilines is 2. The van der Waals surface area contributed by atoms with Gasteiger partial charge in [-0.3, -0.25) is 4.90 Å². The molecular formula is C51H54N5+. The number of unbranched alkanes of at least 4 members (excludes halogenated alkanes) is 1. The van der Waals surface area contributed by atoms with Crippen LogP contribution in [-0.2, 0) is 5.54 Å². The molecule has 0 saturated carbocycles. The number of hydrogen-bond donors (Lipinski definition) is 0. The summed E-state index contributed by atoms with van der Waals surface area (Å²) in [6.45, 7) is 14.2. The Morgan fingerprint density at radius 3 is 2.04 bits per heavy atom. The largest absolute Gasteiger partial charge is 0.297 e. The molecular weight excluding hydrogens is 683 g/mol. The third-order valence-corrected chi connectivity index (χ3v) is 12.8. The summed E-state index contributed by atoms with van der Waals surface area (Å²) in [5.74, 6) is 3.07. The normalized spacial score (nSPS) is 18.4. The summed E-state index contributed by atoms with van der Waals surface area (Å²) in [7, 11) is 0. The molecule has 9 rings (SSSR count). The van der Waals surface area contributed by atoms with E-state index in [1.807, 2.05) is 0 Å². The van der Waals surface area contributed by atoms with E-state index in [-0.39, 0.29) is 11.7 Å². The number of para-hydroxylation sites is 3. The van der Waals surface area contributed by atoms with Crippen LogP contribution >= 0.6 is 0 Å². The Morgan fingerprint density at radius 1 is 0.696 bits per heavy atom. The molecule has 3 aliphatic rings. The van der Waals surface area contributed by atoms with E-state index in [2.05, 4.69) is 200 Å². The molecule has 1 aromatic heterocycles. The molecule has 5 heteroatoms. The Bertz CT molecular complexity index is 2450. The van der Waals surface area contributed by atoms with E-state index in [9.17, 15) is 0 Å². The average molecular weight is 737 g/mol. The molecule has 0 bridgehead atoms. The molecule has 4 heterocycles. The highest BCUT2D eigenvalue weighted by Gasteiger charge is 2.54. The van der Waals surface area contributed by atoms with Crippen molar-refractivity contribution in [1.82, 2.24) is 4.57 Å². The number of amidine groups is 1. The van der Waals surface area contributed by atoms with Crippen LogP contribution in [0.25, 0.3) is 28.2 Å². The van der Waals surface area contributed by atoms with Gasteiger partial charge in [0.2, 0.25) is 0 Å². The van der Waals surface area contributed by atoms with Crippen molar-refractivity contribution in [3.63, 3.8) is 0 Å². The molecule has 0 fully saturated rings. The van der Waals surface area contributed by atoms with Gasteiger partial charge >= 0.3 is 0 Å². The summed E-state index contributed by atoms with van der Waals surface area (Å²) in [5.41, 5.74) is 13.8. The molecule has 5 nitrogen and oxygen atoms in total. The number of benzene rings is 5. The van der Waals surface area contributed by atoms with Gasteiger partial charge in [0, 0.05) is 39.1 Å². The number of imidazole rings is 1. The van der Waals surface area contributed by atoms with Gasteiger partial charge in [-0.25, -0.2) is 9.58 Å². The predicted octanol–water partition coefficient (Wildman–Crippen LogP) is 12.3. The molecule has 0 spiro atoms. The maximum absolute atomic E-state index is 5.51. The Kier molecular flexibility index (Phi) is 9.28. The highest BCUT2D eigenvalue weighted by atomic mass is 15.6. The number of hydrogen-bond acceptors (Lipinski definition) is 3. The quantitative estimate of drug-likeness (QED) is 0.131. The standard InChI is InChI=1S/C51H54N5/c1-7-10-22-36(6)40-31-21-30-39(35(4)5)47(40)53-33-34-54-49(53)42-28-18-17-27-41(42)46(51(54,8-2)9-3)45-43-29-19-20-32-44(43)56-50(45)55(38-25-15-12-16-26-38)48(52-56)37-23-13-11-14-24-37/h11-21,23-36,50H,7-10,22H2,1-6H3/q+1. The van der Waals surface area contributed by atoms with E-state index in [0.29, 0.717) is 11.8 Å². The highest BCUT2D eigenvalue weighted by Crippen LogP contribution is 2.56. The molecule has 0 saturated heterocycles. The van der Waals surface area contributed by atoms with Gasteiger partial charge in [-0.15, -0.1) is 0 Å². The van der Waals surface area contributed by atoms with Crippen LogP contribution in [-0.4, -0.2) is 16.6 Å². The Morgan fingerprint density at radius 2 is 1.34 bits per heavy atom. The van der Waals surface area contributed by atoms with Crippen LogP contribution in [0.4, 0.5) is 11.4 Å². The van der Waals surface area contributed by atoms with Gasteiger partial charge in [0.25, 0.3) is 5.82 Å². The van der Waals surface area contributed by atoms with E-state index >= 15 is 0 Å². The van der Waals surface area contributed by atoms with Crippen LogP contribution in [0, 0.1) is 0 Å². The summed E-state index contributed by atoms with van der Waals surface area (Å²) < 4.78 is 5.21. The van der Waals surface area contributed by atoms with Crippen molar-refractivity contribution in [2.24, 2.45) is 5.10 Å². The monoisotopic (exact) mass is 736 g/mol. The molecule has 2 unspecified atom stereocenters. The number of hydrazone groups is 1. The van der Waals surface area contributed by atoms with Gasteiger partial charge < -0.3 is 0 Å². The first-order chi connectivity index (χ1) is 27.4. The molecule has 0 N–H and O–H groups in total. The smallest absolute Gasteiger partial charge is 0.295 e. The number of allylic oxidation sites excluding steroid dienone is 1. The van der Waals surface area contributed by atoms with Gasteiger partial charge in [0.15, 0.2) is 12.0 Å². The lowest BCUT2D eigenvalue weighted by Crippen LogP contribution is -2.59. The van der Waals surface area contributed by atoms with Gasteiger partial charge in [0.05, 0.1) is 11.3 Å². The molecule has 2 atom stereocenters. The number of nitrogens with zero attached hydrogens (tertiary/aromatic N) is 5. The van der Waals surface area contributed by atoms with Crippen molar-refractivity contribution in [2.45, 2.75) is 97.2 Å². The number of aromatic nitrogens is 2. The molecule has 56 heavy (non-hydrogen) atoms. The number of rotatable bonds is 10. The van der Waals surface area contributed by atoms with Crippen molar-refractivity contribution >= 4 is 28.4 Å². The topological polar surface area (TPSA) is 27.6 Å². The van der Waals surface area contributed by atoms with E-state index in [1.165, 1.54) is 69.7 Å². The van der Waals surface area contributed by atoms with E-state index in [0.717, 1.165) is 35.6 Å². The highest BCUT2D eigenvalue weighted by molar-refractivity contribution is 6.18. The SMILES string of the molecule is CCCCC(C)c1cccc(C(C)C)c1-n1cc[n+]2c1-c1ccccc1C(=C1c3ccccc3N3N=C(c4ccccc4)N(c4ccccc4)C13)C2(CC)CC. The summed E-state index contributed by atoms with van der Waals surface area (Å²) >= 11 is 0. The maximum Gasteiger partial charge on any atom is 0.295 e. The maximum atomic E-state index is 5.51. The van der Waals surface area contributed by atoms with E-state index in [1.54, 1.807) is 0 Å². The molecule has 0 radical (unpaired) electrons. The summed E-state index contributed by atoms with van der Waals surface area (Å²) in [5, 5.41) is 7.80. The summed E-state index contributed by atoms with van der Waals surface area (Å²) in [6, 6.07) is 46.7. The van der Waals surface area contributed by atoms with Gasteiger partial charge in [0.1, 0.15) is 23.6 Å². The minimum absolute atomic E-state index is 0.164. The van der Waals surface area contributed by atoms with Crippen LogP contribution in [0.2, 0.25) is 0 Å². The molecule has 0 aliphatic carbocycles. The van der Waals surface area contributed by atoms with Crippen molar-refractivity contribution in [3.8, 4) is 17.1 Å². The zero-order valence-electron chi connectivity index (χ0n) is 33.8. The van der Waals surface area contributed by atoms with Gasteiger partial charge in [-0.1, -0.05) is 158 Å². The van der Waals surface area contributed by atoms with Crippen LogP contribution < -0.4 is 14.5 Å². The second-order valence-corrected chi connectivity index (χ2v) is 16.1. The van der Waals surface area contributed by atoms with Crippen molar-refractivity contribution < 1.29 is 4.57 Å². The third kappa shape index (κ3) is 5.42. The molecule has 0 amide bonds. The fourth-order valence-corrected chi connectivity index (χ4v) is 9.98. The zero-order chi connectivity index (χ0) is 38.6. The number of fused-ring (bicyclic) bond motifs is 6. The van der Waals surface area contributed by atoms with Crippen LogP contribution in [0.5, 0.6) is 0 Å². The lowest BCUT2D eigenvalue weighted by Gasteiger charge is -2.40. The predicted molar refractivity (Wildman–Crippen MR) is 233 cm³/mol. The van der Waals surface area contributed by atoms with Crippen molar-refractivity contribution in [2.75, 3.05) is 9.91 Å². The van der Waals surface area contributed by atoms with Crippen LogP contribution in [0.15, 0.2) is 145 Å². The van der Waals surface area contributed by atoms with Crippen LogP contribution in [0.1, 0.15) is 113 Å². The fraction of sp³-hybridized carbons (Fsp3) is 0.294. The Hall–Kier alpha value is -5.68. The minimum Gasteiger partial charge on any atom is -0.297 e. The zero-order valence-corrected chi connectivity index (χ0v) is 33.8. The Labute approximate surface area is 333 Å². The van der Waals surface area contributed by atoms with Crippen molar-refractivity contribution in [3.05, 3.63) is 168 Å². The molecule has 3 aliphatic heterocycles. The molecule has 5 aromatic carbocycles. The summed E-state index contributed by atoms with van der Waals surface area (Å²) in [4.78, 5) is 2.48. The lowest BCUT2D eigenvalue weighted by atomic mass is 9.72. The second kappa shape index (κ2) is 14.4. The second-order valence-electron chi connectivity index (χ2n) is 16.1. The van der Waals surface area contributed by atoms with Gasteiger partial charge in [-0.2, -0.15) is 9.67 Å². The van der Waals surface area contributed by atoms with Gasteiger partial charge in [-0.05, 0) is 60.9 Å². The first kappa shape index (κ1) is 36.0. The first-order valence-electron chi connectivity index (χ1n) is 20.9. The Balaban J connectivity index is 1.34. The van der Waals surface area contributed by atoms with E-state index < -0.39 is 0 Å². The minimum atomic E-state index is -0.327. The average Bonchev–Trinajstić information content (AvgIpc) is 3.95.